The molecule has 21 heavy (non-hydrogen) atoms. The molecule has 0 amide bonds. The first-order chi connectivity index (χ1) is 10.3. The average molecular weight is 281 g/mol. The van der Waals surface area contributed by atoms with Crippen molar-refractivity contribution in [3.63, 3.8) is 0 Å². The van der Waals surface area contributed by atoms with Crippen molar-refractivity contribution in [2.24, 2.45) is 0 Å². The van der Waals surface area contributed by atoms with Gasteiger partial charge in [0.05, 0.1) is 0 Å². The first-order valence-corrected chi connectivity index (χ1v) is 7.77. The molecule has 0 aromatic heterocycles. The van der Waals surface area contributed by atoms with Crippen LogP contribution in [0.15, 0.2) is 42.5 Å². The molecule has 1 unspecified atom stereocenters. The Morgan fingerprint density at radius 3 is 2.57 bits per heavy atom. The average Bonchev–Trinajstić information content (AvgIpc) is 3.00. The molecule has 2 heteroatoms. The van der Waals surface area contributed by atoms with Crippen LogP contribution in [0.5, 0.6) is 5.75 Å². The molecule has 2 aromatic rings. The summed E-state index contributed by atoms with van der Waals surface area (Å²) in [5.74, 6) is 0.933. The molecule has 2 nitrogen and oxygen atoms in total. The van der Waals surface area contributed by atoms with Gasteiger partial charge in [0.2, 0.25) is 0 Å². The van der Waals surface area contributed by atoms with E-state index in [9.17, 15) is 0 Å². The fourth-order valence-corrected chi connectivity index (χ4v) is 2.90. The van der Waals surface area contributed by atoms with Gasteiger partial charge in [0.1, 0.15) is 12.4 Å². The summed E-state index contributed by atoms with van der Waals surface area (Å²) in [5, 5.41) is 3.24. The Labute approximate surface area is 127 Å². The van der Waals surface area contributed by atoms with Gasteiger partial charge in [-0.2, -0.15) is 0 Å². The molecule has 0 spiro atoms. The second kappa shape index (κ2) is 6.31. The second-order valence-corrected chi connectivity index (χ2v) is 5.82. The lowest BCUT2D eigenvalue weighted by molar-refractivity contribution is 0.306. The van der Waals surface area contributed by atoms with Gasteiger partial charge in [-0.15, -0.1) is 0 Å². The topological polar surface area (TPSA) is 21.3 Å². The predicted octanol–water partition coefficient (Wildman–Crippen LogP) is 4.03. The third kappa shape index (κ3) is 3.27. The molecule has 1 aliphatic rings. The minimum absolute atomic E-state index is 0.371. The van der Waals surface area contributed by atoms with Crippen LogP contribution in [-0.4, -0.2) is 7.05 Å². The van der Waals surface area contributed by atoms with Gasteiger partial charge < -0.3 is 10.1 Å². The molecule has 0 radical (unpaired) electrons. The quantitative estimate of drug-likeness (QED) is 0.893. The minimum Gasteiger partial charge on any atom is -0.489 e. The molecule has 0 saturated heterocycles. The summed E-state index contributed by atoms with van der Waals surface area (Å²) in [6.07, 6.45) is 3.76. The minimum atomic E-state index is 0.371. The van der Waals surface area contributed by atoms with Crippen molar-refractivity contribution in [3.05, 3.63) is 64.7 Å². The van der Waals surface area contributed by atoms with Crippen LogP contribution < -0.4 is 10.1 Å². The van der Waals surface area contributed by atoms with Crippen molar-refractivity contribution < 1.29 is 4.74 Å². The molecule has 2 aromatic carbocycles. The lowest BCUT2D eigenvalue weighted by Crippen LogP contribution is -2.11. The maximum atomic E-state index is 5.90. The maximum absolute atomic E-state index is 5.90. The van der Waals surface area contributed by atoms with E-state index in [-0.39, 0.29) is 0 Å². The summed E-state index contributed by atoms with van der Waals surface area (Å²) in [5.41, 5.74) is 5.57. The molecule has 1 aliphatic carbocycles. The Balaban J connectivity index is 1.62. The smallest absolute Gasteiger partial charge is 0.119 e. The molecular formula is C19H23NO. The number of fused-ring (bicyclic) bond motifs is 1. The molecule has 110 valence electrons. The summed E-state index contributed by atoms with van der Waals surface area (Å²) in [7, 11) is 1.98. The molecule has 0 aliphatic heterocycles. The molecule has 0 fully saturated rings. The monoisotopic (exact) mass is 281 g/mol. The molecule has 1 N–H and O–H groups in total. The van der Waals surface area contributed by atoms with Crippen LogP contribution in [0.2, 0.25) is 0 Å². The fourth-order valence-electron chi connectivity index (χ4n) is 2.90. The van der Waals surface area contributed by atoms with Crippen LogP contribution in [0, 0.1) is 0 Å². The maximum Gasteiger partial charge on any atom is 0.119 e. The molecule has 0 bridgehead atoms. The number of ether oxygens (including phenoxy) is 1. The van der Waals surface area contributed by atoms with Gasteiger partial charge in [0.15, 0.2) is 0 Å². The van der Waals surface area contributed by atoms with Crippen LogP contribution in [0.1, 0.15) is 41.6 Å². The van der Waals surface area contributed by atoms with Crippen molar-refractivity contribution in [2.45, 2.75) is 38.8 Å². The summed E-state index contributed by atoms with van der Waals surface area (Å²) >= 11 is 0. The van der Waals surface area contributed by atoms with Crippen molar-refractivity contribution in [1.82, 2.24) is 5.32 Å². The summed E-state index contributed by atoms with van der Waals surface area (Å²) in [6, 6.07) is 15.5. The van der Waals surface area contributed by atoms with Crippen LogP contribution in [0.4, 0.5) is 0 Å². The first-order valence-electron chi connectivity index (χ1n) is 7.77. The number of rotatable bonds is 5. The Bertz CT molecular complexity index is 603. The Kier molecular flexibility index (Phi) is 4.26. The van der Waals surface area contributed by atoms with Crippen molar-refractivity contribution >= 4 is 0 Å². The summed E-state index contributed by atoms with van der Waals surface area (Å²) in [6.45, 7) is 2.80. The number of aryl methyl sites for hydroxylation is 2. The van der Waals surface area contributed by atoms with E-state index in [2.05, 4.69) is 54.7 Å². The second-order valence-electron chi connectivity index (χ2n) is 5.82. The predicted molar refractivity (Wildman–Crippen MR) is 86.7 cm³/mol. The largest absolute Gasteiger partial charge is 0.489 e. The van der Waals surface area contributed by atoms with Gasteiger partial charge >= 0.3 is 0 Å². The lowest BCUT2D eigenvalue weighted by Gasteiger charge is -2.12. The molecule has 0 heterocycles. The van der Waals surface area contributed by atoms with E-state index in [0.29, 0.717) is 12.6 Å². The van der Waals surface area contributed by atoms with Gasteiger partial charge in [-0.05, 0) is 67.6 Å². The van der Waals surface area contributed by atoms with Crippen molar-refractivity contribution in [1.29, 1.82) is 0 Å². The number of benzene rings is 2. The fraction of sp³-hybridized carbons (Fsp3) is 0.368. The van der Waals surface area contributed by atoms with Gasteiger partial charge in [-0.3, -0.25) is 0 Å². The van der Waals surface area contributed by atoms with E-state index in [4.69, 9.17) is 4.74 Å². The van der Waals surface area contributed by atoms with Gasteiger partial charge in [0, 0.05) is 6.04 Å². The van der Waals surface area contributed by atoms with Gasteiger partial charge in [-0.1, -0.05) is 30.3 Å². The molecule has 3 rings (SSSR count). The van der Waals surface area contributed by atoms with E-state index in [1.165, 1.54) is 41.5 Å². The molecular weight excluding hydrogens is 258 g/mol. The summed E-state index contributed by atoms with van der Waals surface area (Å²) < 4.78 is 5.90. The zero-order chi connectivity index (χ0) is 14.7. The first kappa shape index (κ1) is 14.2. The van der Waals surface area contributed by atoms with E-state index in [0.717, 1.165) is 5.75 Å². The Hall–Kier alpha value is -1.80. The van der Waals surface area contributed by atoms with E-state index < -0.39 is 0 Å². The van der Waals surface area contributed by atoms with Crippen LogP contribution in [0.25, 0.3) is 0 Å². The van der Waals surface area contributed by atoms with Crippen LogP contribution in [-0.2, 0) is 19.4 Å². The number of nitrogens with one attached hydrogen (secondary N) is 1. The summed E-state index contributed by atoms with van der Waals surface area (Å²) in [4.78, 5) is 0. The van der Waals surface area contributed by atoms with Crippen molar-refractivity contribution in [2.75, 3.05) is 7.05 Å². The lowest BCUT2D eigenvalue weighted by atomic mass is 10.1. The SMILES string of the molecule is CNC(C)c1ccc(OCc2ccc3c(c2)CCC3)cc1. The van der Waals surface area contributed by atoms with E-state index in [1.54, 1.807) is 0 Å². The highest BCUT2D eigenvalue weighted by Gasteiger charge is 2.10. The normalized spacial score (nSPS) is 14.8. The highest BCUT2D eigenvalue weighted by molar-refractivity contribution is 5.35. The number of hydrogen-bond donors (Lipinski definition) is 1. The van der Waals surface area contributed by atoms with Crippen LogP contribution >= 0.6 is 0 Å². The van der Waals surface area contributed by atoms with E-state index in [1.807, 2.05) is 7.05 Å². The Morgan fingerprint density at radius 2 is 1.81 bits per heavy atom. The standard InChI is InChI=1S/C19H23NO/c1-14(20-2)16-8-10-19(11-9-16)21-13-15-6-7-17-4-3-5-18(17)12-15/h6-12,14,20H,3-5,13H2,1-2H3. The Morgan fingerprint density at radius 1 is 1.05 bits per heavy atom. The van der Waals surface area contributed by atoms with E-state index >= 15 is 0 Å². The van der Waals surface area contributed by atoms with Gasteiger partial charge in [-0.25, -0.2) is 0 Å². The van der Waals surface area contributed by atoms with Gasteiger partial charge in [0.25, 0.3) is 0 Å². The zero-order valence-electron chi connectivity index (χ0n) is 12.9. The van der Waals surface area contributed by atoms with Crippen molar-refractivity contribution in [3.8, 4) is 5.75 Å². The molecule has 0 saturated carbocycles. The third-order valence-electron chi connectivity index (χ3n) is 4.38. The van der Waals surface area contributed by atoms with Crippen LogP contribution in [0.3, 0.4) is 0 Å². The molecule has 1 atom stereocenters. The highest BCUT2D eigenvalue weighted by Crippen LogP contribution is 2.24. The number of hydrogen-bond acceptors (Lipinski definition) is 2. The zero-order valence-corrected chi connectivity index (χ0v) is 12.9. The third-order valence-corrected chi connectivity index (χ3v) is 4.38. The highest BCUT2D eigenvalue weighted by atomic mass is 16.5.